The summed E-state index contributed by atoms with van der Waals surface area (Å²) in [4.78, 5) is 39.7. The van der Waals surface area contributed by atoms with E-state index in [-0.39, 0.29) is 18.3 Å². The predicted octanol–water partition coefficient (Wildman–Crippen LogP) is 0.339. The van der Waals surface area contributed by atoms with E-state index < -0.39 is 17.8 Å². The van der Waals surface area contributed by atoms with Crippen molar-refractivity contribution in [1.82, 2.24) is 10.2 Å². The molecule has 1 aromatic carbocycles. The number of ether oxygens (including phenoxy) is 1. The molecule has 7 nitrogen and oxygen atoms in total. The van der Waals surface area contributed by atoms with Gasteiger partial charge in [-0.3, -0.25) is 14.4 Å². The lowest BCUT2D eigenvalue weighted by atomic mass is 10.1. The fourth-order valence-electron chi connectivity index (χ4n) is 3.15. The van der Waals surface area contributed by atoms with Gasteiger partial charge in [-0.25, -0.2) is 4.39 Å². The number of rotatable bonds is 5. The number of benzene rings is 1. The van der Waals surface area contributed by atoms with Crippen LogP contribution in [0.25, 0.3) is 0 Å². The Morgan fingerprint density at radius 2 is 1.81 bits per heavy atom. The number of amides is 2. The highest BCUT2D eigenvalue weighted by atomic mass is 19.1. The normalized spacial score (nSPS) is 20.1. The molecule has 0 saturated carbocycles. The van der Waals surface area contributed by atoms with E-state index in [9.17, 15) is 18.8 Å². The minimum atomic E-state index is -0.768. The lowest BCUT2D eigenvalue weighted by Crippen LogP contribution is -2.52. The van der Waals surface area contributed by atoms with Gasteiger partial charge in [0.1, 0.15) is 11.9 Å². The van der Waals surface area contributed by atoms with Crippen LogP contribution in [0.1, 0.15) is 12.8 Å². The quantitative estimate of drug-likeness (QED) is 0.764. The van der Waals surface area contributed by atoms with E-state index in [1.807, 2.05) is 0 Å². The van der Waals surface area contributed by atoms with Crippen LogP contribution in [0.15, 0.2) is 24.3 Å². The number of halogens is 1. The van der Waals surface area contributed by atoms with Crippen LogP contribution in [0.4, 0.5) is 10.1 Å². The van der Waals surface area contributed by atoms with Gasteiger partial charge in [0.25, 0.3) is 5.91 Å². The molecule has 0 spiro atoms. The molecule has 0 aromatic heterocycles. The molecule has 1 unspecified atom stereocenters. The lowest BCUT2D eigenvalue weighted by Gasteiger charge is -2.36. The molecule has 140 valence electrons. The SMILES string of the molecule is O=C(NCC(=O)N1CCN(c2ccc(F)cc2)CC1)C(=O)C1CCCO1. The topological polar surface area (TPSA) is 79.0 Å². The van der Waals surface area contributed by atoms with Gasteiger partial charge in [-0.05, 0) is 37.1 Å². The van der Waals surface area contributed by atoms with Crippen molar-refractivity contribution in [3.63, 3.8) is 0 Å². The minimum absolute atomic E-state index is 0.201. The fraction of sp³-hybridized carbons (Fsp3) is 0.500. The monoisotopic (exact) mass is 363 g/mol. The summed E-state index contributed by atoms with van der Waals surface area (Å²) in [6.45, 7) is 2.55. The van der Waals surface area contributed by atoms with Gasteiger partial charge in [-0.15, -0.1) is 0 Å². The average molecular weight is 363 g/mol. The first-order valence-corrected chi connectivity index (χ1v) is 8.76. The maximum atomic E-state index is 13.0. The average Bonchev–Trinajstić information content (AvgIpc) is 3.20. The van der Waals surface area contributed by atoms with E-state index in [0.717, 1.165) is 12.1 Å². The van der Waals surface area contributed by atoms with E-state index in [0.29, 0.717) is 39.2 Å². The molecule has 1 atom stereocenters. The van der Waals surface area contributed by atoms with Crippen LogP contribution in [-0.2, 0) is 19.1 Å². The Labute approximate surface area is 151 Å². The van der Waals surface area contributed by atoms with Crippen LogP contribution >= 0.6 is 0 Å². The van der Waals surface area contributed by atoms with Crippen molar-refractivity contribution < 1.29 is 23.5 Å². The molecule has 2 amide bonds. The van der Waals surface area contributed by atoms with Crippen LogP contribution < -0.4 is 10.2 Å². The van der Waals surface area contributed by atoms with Gasteiger partial charge in [-0.2, -0.15) is 0 Å². The summed E-state index contributed by atoms with van der Waals surface area (Å²) in [6.07, 6.45) is 0.635. The number of nitrogens with one attached hydrogen (secondary N) is 1. The molecule has 2 fully saturated rings. The Morgan fingerprint density at radius 3 is 2.42 bits per heavy atom. The molecule has 2 aliphatic rings. The summed E-state index contributed by atoms with van der Waals surface area (Å²) in [5.74, 6) is -1.89. The maximum absolute atomic E-state index is 13.0. The van der Waals surface area contributed by atoms with E-state index in [1.54, 1.807) is 17.0 Å². The highest BCUT2D eigenvalue weighted by Gasteiger charge is 2.29. The third-order valence-corrected chi connectivity index (χ3v) is 4.67. The van der Waals surface area contributed by atoms with Crippen molar-refractivity contribution in [3.8, 4) is 0 Å². The molecule has 2 saturated heterocycles. The molecule has 8 heteroatoms. The second-order valence-corrected chi connectivity index (χ2v) is 6.39. The van der Waals surface area contributed by atoms with Crippen LogP contribution in [0.2, 0.25) is 0 Å². The smallest absolute Gasteiger partial charge is 0.290 e. The number of carbonyl (C=O) groups is 3. The Morgan fingerprint density at radius 1 is 1.12 bits per heavy atom. The minimum Gasteiger partial charge on any atom is -0.370 e. The molecule has 0 bridgehead atoms. The summed E-state index contributed by atoms with van der Waals surface area (Å²) < 4.78 is 18.2. The van der Waals surface area contributed by atoms with Crippen molar-refractivity contribution in [2.45, 2.75) is 18.9 Å². The summed E-state index contributed by atoms with van der Waals surface area (Å²) in [5, 5.41) is 2.39. The number of ketones is 1. The van der Waals surface area contributed by atoms with Gasteiger partial charge < -0.3 is 19.9 Å². The number of anilines is 1. The summed E-state index contributed by atoms with van der Waals surface area (Å²) >= 11 is 0. The summed E-state index contributed by atoms with van der Waals surface area (Å²) in [7, 11) is 0. The van der Waals surface area contributed by atoms with Gasteiger partial charge in [0, 0.05) is 38.5 Å². The molecular formula is C18H22FN3O4. The van der Waals surface area contributed by atoms with E-state index in [2.05, 4.69) is 10.2 Å². The Balaban J connectivity index is 1.42. The van der Waals surface area contributed by atoms with Crippen molar-refractivity contribution in [2.24, 2.45) is 0 Å². The molecule has 1 N–H and O–H groups in total. The van der Waals surface area contributed by atoms with E-state index in [4.69, 9.17) is 4.74 Å². The predicted molar refractivity (Wildman–Crippen MR) is 92.2 cm³/mol. The van der Waals surface area contributed by atoms with Crippen LogP contribution in [0.5, 0.6) is 0 Å². The number of nitrogens with zero attached hydrogens (tertiary/aromatic N) is 2. The largest absolute Gasteiger partial charge is 0.370 e. The first kappa shape index (κ1) is 18.3. The highest BCUT2D eigenvalue weighted by Crippen LogP contribution is 2.17. The second kappa shape index (κ2) is 8.27. The Hall–Kier alpha value is -2.48. The highest BCUT2D eigenvalue weighted by molar-refractivity contribution is 6.38. The number of hydrogen-bond acceptors (Lipinski definition) is 5. The zero-order valence-electron chi connectivity index (χ0n) is 14.4. The van der Waals surface area contributed by atoms with Crippen LogP contribution in [0.3, 0.4) is 0 Å². The van der Waals surface area contributed by atoms with Gasteiger partial charge >= 0.3 is 0 Å². The Bertz CT molecular complexity index is 666. The van der Waals surface area contributed by atoms with Crippen molar-refractivity contribution >= 4 is 23.3 Å². The standard InChI is InChI=1S/C18H22FN3O4/c19-13-3-5-14(6-4-13)21-7-9-22(10-8-21)16(23)12-20-18(25)17(24)15-2-1-11-26-15/h3-6,15H,1-2,7-12H2,(H,20,25). The maximum Gasteiger partial charge on any atom is 0.290 e. The third-order valence-electron chi connectivity index (χ3n) is 4.67. The number of hydrogen-bond donors (Lipinski definition) is 1. The molecule has 1 aromatic rings. The van der Waals surface area contributed by atoms with Gasteiger partial charge in [-0.1, -0.05) is 0 Å². The molecule has 2 heterocycles. The summed E-state index contributed by atoms with van der Waals surface area (Å²) in [5.41, 5.74) is 0.911. The van der Waals surface area contributed by atoms with E-state index in [1.165, 1.54) is 12.1 Å². The van der Waals surface area contributed by atoms with Gasteiger partial charge in [0.2, 0.25) is 11.7 Å². The number of piperazine rings is 1. The summed E-state index contributed by atoms with van der Waals surface area (Å²) in [6, 6.07) is 6.24. The molecule has 2 aliphatic heterocycles. The van der Waals surface area contributed by atoms with Crippen molar-refractivity contribution in [2.75, 3.05) is 44.2 Å². The van der Waals surface area contributed by atoms with Gasteiger partial charge in [0.05, 0.1) is 6.54 Å². The fourth-order valence-corrected chi connectivity index (χ4v) is 3.15. The lowest BCUT2D eigenvalue weighted by molar-refractivity contribution is -0.144. The number of Topliss-reactive ketones (excluding diaryl/α,β-unsaturated/α-hetero) is 1. The zero-order valence-corrected chi connectivity index (χ0v) is 14.4. The van der Waals surface area contributed by atoms with E-state index >= 15 is 0 Å². The molecule has 3 rings (SSSR count). The number of carbonyl (C=O) groups excluding carboxylic acids is 3. The second-order valence-electron chi connectivity index (χ2n) is 6.39. The Kier molecular flexibility index (Phi) is 5.82. The first-order chi connectivity index (χ1) is 12.5. The van der Waals surface area contributed by atoms with Crippen molar-refractivity contribution in [3.05, 3.63) is 30.1 Å². The molecule has 26 heavy (non-hydrogen) atoms. The molecule has 0 aliphatic carbocycles. The third kappa shape index (κ3) is 4.37. The molecular weight excluding hydrogens is 341 g/mol. The van der Waals surface area contributed by atoms with Crippen LogP contribution in [0, 0.1) is 5.82 Å². The van der Waals surface area contributed by atoms with Crippen molar-refractivity contribution in [1.29, 1.82) is 0 Å². The first-order valence-electron chi connectivity index (χ1n) is 8.76. The zero-order chi connectivity index (χ0) is 18.5. The molecule has 0 radical (unpaired) electrons. The van der Waals surface area contributed by atoms with Gasteiger partial charge in [0.15, 0.2) is 0 Å². The van der Waals surface area contributed by atoms with Crippen LogP contribution in [-0.4, -0.2) is 67.9 Å².